The molecule has 1 atom stereocenters. The molecule has 3 fully saturated rings. The molecule has 7 heteroatoms. The quantitative estimate of drug-likeness (QED) is 0.834. The Bertz CT molecular complexity index is 727. The number of carbonyl (C=O) groups excluding carboxylic acids is 2. The van der Waals surface area contributed by atoms with Gasteiger partial charge in [-0.3, -0.25) is 9.00 Å². The smallest absolute Gasteiger partial charge is 0.317 e. The SMILES string of the molecule is O=C(NCCc1ccccc1)N1CCC2(CC1)N(CC1CC1)C(=O)CS2=O. The summed E-state index contributed by atoms with van der Waals surface area (Å²) in [5.41, 5.74) is 1.20. The molecule has 1 aromatic carbocycles. The minimum Gasteiger partial charge on any atom is -0.338 e. The summed E-state index contributed by atoms with van der Waals surface area (Å²) in [6, 6.07) is 10.0. The number of piperidine rings is 1. The minimum atomic E-state index is -1.16. The van der Waals surface area contributed by atoms with Crippen molar-refractivity contribution in [3.63, 3.8) is 0 Å². The van der Waals surface area contributed by atoms with Crippen molar-refractivity contribution in [1.29, 1.82) is 0 Å². The highest BCUT2D eigenvalue weighted by molar-refractivity contribution is 7.87. The summed E-state index contributed by atoms with van der Waals surface area (Å²) in [6.45, 7) is 2.45. The van der Waals surface area contributed by atoms with Crippen LogP contribution in [-0.4, -0.2) is 62.7 Å². The highest BCUT2D eigenvalue weighted by Gasteiger charge is 2.54. The van der Waals surface area contributed by atoms with Gasteiger partial charge in [-0.05, 0) is 30.7 Å². The molecule has 1 aromatic rings. The molecule has 27 heavy (non-hydrogen) atoms. The maximum atomic E-state index is 12.7. The predicted molar refractivity (Wildman–Crippen MR) is 105 cm³/mol. The molecular formula is C20H27N3O3S. The van der Waals surface area contributed by atoms with Gasteiger partial charge in [-0.15, -0.1) is 0 Å². The number of rotatable bonds is 5. The molecule has 1 spiro atoms. The number of benzene rings is 1. The van der Waals surface area contributed by atoms with E-state index in [9.17, 15) is 13.8 Å². The van der Waals surface area contributed by atoms with Crippen LogP contribution in [0.1, 0.15) is 31.2 Å². The number of likely N-dealkylation sites (tertiary alicyclic amines) is 1. The van der Waals surface area contributed by atoms with Crippen molar-refractivity contribution in [2.24, 2.45) is 5.92 Å². The number of nitrogens with one attached hydrogen (secondary N) is 1. The van der Waals surface area contributed by atoms with Crippen molar-refractivity contribution in [2.45, 2.75) is 37.0 Å². The minimum absolute atomic E-state index is 0.0287. The lowest BCUT2D eigenvalue weighted by molar-refractivity contribution is -0.131. The Morgan fingerprint density at radius 2 is 1.89 bits per heavy atom. The van der Waals surface area contributed by atoms with E-state index in [-0.39, 0.29) is 17.7 Å². The number of nitrogens with zero attached hydrogens (tertiary/aromatic N) is 2. The second kappa shape index (κ2) is 7.62. The number of hydrogen-bond donors (Lipinski definition) is 1. The van der Waals surface area contributed by atoms with Gasteiger partial charge >= 0.3 is 6.03 Å². The molecule has 3 amide bonds. The zero-order valence-electron chi connectivity index (χ0n) is 15.6. The van der Waals surface area contributed by atoms with E-state index < -0.39 is 15.7 Å². The lowest BCUT2D eigenvalue weighted by Crippen LogP contribution is -2.57. The summed E-state index contributed by atoms with van der Waals surface area (Å²) in [6.07, 6.45) is 4.37. The molecule has 2 aliphatic heterocycles. The fourth-order valence-electron chi connectivity index (χ4n) is 4.13. The van der Waals surface area contributed by atoms with Crippen LogP contribution in [0.3, 0.4) is 0 Å². The maximum absolute atomic E-state index is 12.7. The summed E-state index contributed by atoms with van der Waals surface area (Å²) in [5.74, 6) is 0.761. The van der Waals surface area contributed by atoms with Gasteiger partial charge in [-0.1, -0.05) is 30.3 Å². The second-order valence-electron chi connectivity index (χ2n) is 7.84. The Morgan fingerprint density at radius 1 is 1.19 bits per heavy atom. The molecule has 1 aliphatic carbocycles. The predicted octanol–water partition coefficient (Wildman–Crippen LogP) is 1.73. The number of hydrogen-bond acceptors (Lipinski definition) is 3. The monoisotopic (exact) mass is 389 g/mol. The van der Waals surface area contributed by atoms with Crippen molar-refractivity contribution in [3.8, 4) is 0 Å². The van der Waals surface area contributed by atoms with Gasteiger partial charge in [0.1, 0.15) is 10.6 Å². The van der Waals surface area contributed by atoms with E-state index in [1.807, 2.05) is 23.1 Å². The van der Waals surface area contributed by atoms with E-state index in [4.69, 9.17) is 0 Å². The zero-order chi connectivity index (χ0) is 18.9. The molecule has 2 heterocycles. The lowest BCUT2D eigenvalue weighted by atomic mass is 10.0. The van der Waals surface area contributed by atoms with Gasteiger partial charge in [0, 0.05) is 39.0 Å². The largest absolute Gasteiger partial charge is 0.338 e. The molecule has 6 nitrogen and oxygen atoms in total. The van der Waals surface area contributed by atoms with Crippen LogP contribution in [0.5, 0.6) is 0 Å². The van der Waals surface area contributed by atoms with Crippen LogP contribution in [0, 0.1) is 5.92 Å². The Labute approximate surface area is 162 Å². The summed E-state index contributed by atoms with van der Waals surface area (Å²) in [4.78, 5) is 28.0. The zero-order valence-corrected chi connectivity index (χ0v) is 16.4. The van der Waals surface area contributed by atoms with Crippen LogP contribution < -0.4 is 5.32 Å². The van der Waals surface area contributed by atoms with E-state index in [1.54, 1.807) is 4.90 Å². The standard InChI is InChI=1S/C20H27N3O3S/c24-18-15-27(26)20(23(18)14-17-6-7-17)9-12-22(13-10-20)19(25)21-11-8-16-4-2-1-3-5-16/h1-5,17H,6-15H2,(H,21,25). The van der Waals surface area contributed by atoms with E-state index in [0.717, 1.165) is 13.0 Å². The summed E-state index contributed by atoms with van der Waals surface area (Å²) in [7, 11) is -1.16. The fraction of sp³-hybridized carbons (Fsp3) is 0.600. The molecule has 1 saturated carbocycles. The number of carbonyl (C=O) groups is 2. The van der Waals surface area contributed by atoms with Crippen molar-refractivity contribution >= 4 is 22.7 Å². The van der Waals surface area contributed by atoms with Gasteiger partial charge in [0.15, 0.2) is 0 Å². The normalized spacial score (nSPS) is 24.4. The average Bonchev–Trinajstić information content (AvgIpc) is 3.47. The average molecular weight is 390 g/mol. The highest BCUT2D eigenvalue weighted by atomic mass is 32.2. The first-order valence-corrected chi connectivity index (χ1v) is 11.2. The summed E-state index contributed by atoms with van der Waals surface area (Å²) in [5, 5.41) is 2.98. The van der Waals surface area contributed by atoms with Crippen LogP contribution in [0.25, 0.3) is 0 Å². The van der Waals surface area contributed by atoms with Gasteiger partial charge in [0.05, 0.1) is 10.8 Å². The molecule has 1 N–H and O–H groups in total. The first-order valence-electron chi connectivity index (χ1n) is 9.84. The van der Waals surface area contributed by atoms with E-state index >= 15 is 0 Å². The molecule has 4 rings (SSSR count). The van der Waals surface area contributed by atoms with E-state index in [2.05, 4.69) is 17.4 Å². The third-order valence-corrected chi connectivity index (χ3v) is 7.96. The van der Waals surface area contributed by atoms with Crippen LogP contribution in [0.15, 0.2) is 30.3 Å². The Kier molecular flexibility index (Phi) is 5.21. The molecular weight excluding hydrogens is 362 g/mol. The first-order chi connectivity index (χ1) is 13.1. The number of amides is 3. The van der Waals surface area contributed by atoms with Crippen LogP contribution in [-0.2, 0) is 22.0 Å². The van der Waals surface area contributed by atoms with Gasteiger partial charge in [-0.2, -0.15) is 0 Å². The van der Waals surface area contributed by atoms with Crippen molar-refractivity contribution < 1.29 is 13.8 Å². The first kappa shape index (κ1) is 18.5. The van der Waals surface area contributed by atoms with Crippen molar-refractivity contribution in [3.05, 3.63) is 35.9 Å². The topological polar surface area (TPSA) is 69.7 Å². The Morgan fingerprint density at radius 3 is 2.56 bits per heavy atom. The molecule has 0 radical (unpaired) electrons. The molecule has 146 valence electrons. The second-order valence-corrected chi connectivity index (χ2v) is 9.58. The van der Waals surface area contributed by atoms with Gasteiger partial charge < -0.3 is 15.1 Å². The maximum Gasteiger partial charge on any atom is 0.317 e. The van der Waals surface area contributed by atoms with Crippen molar-refractivity contribution in [2.75, 3.05) is 31.9 Å². The Balaban J connectivity index is 1.30. The lowest BCUT2D eigenvalue weighted by Gasteiger charge is -2.43. The third-order valence-electron chi connectivity index (χ3n) is 5.97. The van der Waals surface area contributed by atoms with Crippen LogP contribution >= 0.6 is 0 Å². The number of urea groups is 1. The van der Waals surface area contributed by atoms with Crippen molar-refractivity contribution in [1.82, 2.24) is 15.1 Å². The summed E-state index contributed by atoms with van der Waals surface area (Å²) < 4.78 is 12.7. The van der Waals surface area contributed by atoms with Crippen LogP contribution in [0.4, 0.5) is 4.79 Å². The molecule has 0 aromatic heterocycles. The highest BCUT2D eigenvalue weighted by Crippen LogP contribution is 2.41. The van der Waals surface area contributed by atoms with E-state index in [1.165, 1.54) is 18.4 Å². The molecule has 1 unspecified atom stereocenters. The van der Waals surface area contributed by atoms with Gasteiger partial charge in [-0.25, -0.2) is 4.79 Å². The fourth-order valence-corrected chi connectivity index (χ4v) is 5.84. The molecule has 2 saturated heterocycles. The Hall–Kier alpha value is -1.89. The van der Waals surface area contributed by atoms with Crippen LogP contribution in [0.2, 0.25) is 0 Å². The molecule has 0 bridgehead atoms. The molecule has 3 aliphatic rings. The van der Waals surface area contributed by atoms with E-state index in [0.29, 0.717) is 38.4 Å². The summed E-state index contributed by atoms with van der Waals surface area (Å²) >= 11 is 0. The van der Waals surface area contributed by atoms with Gasteiger partial charge in [0.2, 0.25) is 5.91 Å². The third kappa shape index (κ3) is 3.88. The van der Waals surface area contributed by atoms with Gasteiger partial charge in [0.25, 0.3) is 0 Å².